The molecule has 0 aliphatic carbocycles. The van der Waals surface area contributed by atoms with Crippen LogP contribution in [0.2, 0.25) is 0 Å². The molecule has 13 heteroatoms. The summed E-state index contributed by atoms with van der Waals surface area (Å²) >= 11 is 0. The van der Waals surface area contributed by atoms with Gasteiger partial charge < -0.3 is 34.3 Å². The number of hydrogen-bond donors (Lipinski definition) is 4. The summed E-state index contributed by atoms with van der Waals surface area (Å²) in [6.45, 7) is 3.98. The molecule has 1 saturated heterocycles. The van der Waals surface area contributed by atoms with Gasteiger partial charge in [0, 0.05) is 13.0 Å². The van der Waals surface area contributed by atoms with Crippen LogP contribution in [0.4, 0.5) is 0 Å². The molecule has 1 fully saturated rings. The number of esters is 1. The van der Waals surface area contributed by atoms with Gasteiger partial charge in [0.1, 0.15) is 30.5 Å². The summed E-state index contributed by atoms with van der Waals surface area (Å²) in [6, 6.07) is 0. The van der Waals surface area contributed by atoms with E-state index in [1.807, 2.05) is 0 Å². The molecule has 0 aromatic carbocycles. The van der Waals surface area contributed by atoms with Gasteiger partial charge in [0.15, 0.2) is 6.29 Å². The molecule has 1 aliphatic rings. The third-order valence-electron chi connectivity index (χ3n) is 11.2. The minimum absolute atomic E-state index is 0.0425. The molecule has 0 amide bonds. The normalized spacial score (nSPS) is 20.4. The Morgan fingerprint density at radius 1 is 0.586 bits per heavy atom. The van der Waals surface area contributed by atoms with E-state index in [9.17, 15) is 28.5 Å². The first-order chi connectivity index (χ1) is 28.1. The van der Waals surface area contributed by atoms with E-state index in [4.69, 9.17) is 23.5 Å². The fraction of sp³-hybridized carbons (Fsp3) is 0.978. The van der Waals surface area contributed by atoms with Crippen LogP contribution in [0.5, 0.6) is 0 Å². The number of carbonyl (C=O) groups is 1. The van der Waals surface area contributed by atoms with Gasteiger partial charge in [0.05, 0.1) is 19.8 Å². The number of aliphatic hydroxyl groups excluding tert-OH is 3. The lowest BCUT2D eigenvalue weighted by atomic mass is 9.99. The standard InChI is InChI=1S/C45H88O12S/c1-3-5-7-9-11-12-13-14-15-16-17-18-19-20-21-22-23-24-25-26-27-28-30-32-34-41(47)55-39(37-53-35-33-31-29-10-8-6-4-2)38-54-45-43(49)44(57-58(50,51)52)42(48)40(36-46)56-45/h39-40,42-46,48-49H,3-38H2,1-2H3,(H,50,51,52). The van der Waals surface area contributed by atoms with Crippen molar-refractivity contribution in [3.8, 4) is 0 Å². The molecule has 0 spiro atoms. The summed E-state index contributed by atoms with van der Waals surface area (Å²) < 4.78 is 58.8. The molecule has 346 valence electrons. The molecule has 1 heterocycles. The zero-order chi connectivity index (χ0) is 42.5. The van der Waals surface area contributed by atoms with E-state index >= 15 is 0 Å². The summed E-state index contributed by atoms with van der Waals surface area (Å²) in [4.78, 5) is 12.8. The lowest BCUT2D eigenvalue weighted by Gasteiger charge is -2.41. The van der Waals surface area contributed by atoms with Crippen molar-refractivity contribution in [3.63, 3.8) is 0 Å². The summed E-state index contributed by atoms with van der Waals surface area (Å²) in [6.07, 6.45) is 30.3. The number of carbonyl (C=O) groups excluding carboxylic acids is 1. The van der Waals surface area contributed by atoms with Crippen LogP contribution in [0.25, 0.3) is 0 Å². The van der Waals surface area contributed by atoms with Gasteiger partial charge in [-0.25, -0.2) is 4.18 Å². The highest BCUT2D eigenvalue weighted by Gasteiger charge is 2.48. The van der Waals surface area contributed by atoms with Crippen LogP contribution >= 0.6 is 0 Å². The van der Waals surface area contributed by atoms with E-state index in [0.29, 0.717) is 13.0 Å². The van der Waals surface area contributed by atoms with Crippen LogP contribution in [0.1, 0.15) is 219 Å². The van der Waals surface area contributed by atoms with E-state index in [-0.39, 0.29) is 19.6 Å². The van der Waals surface area contributed by atoms with Gasteiger partial charge in [-0.3, -0.25) is 9.35 Å². The Morgan fingerprint density at radius 2 is 0.983 bits per heavy atom. The second-order valence-electron chi connectivity index (χ2n) is 16.7. The predicted molar refractivity (Wildman–Crippen MR) is 230 cm³/mol. The number of ether oxygens (including phenoxy) is 4. The number of hydrogen-bond acceptors (Lipinski definition) is 11. The molecule has 0 saturated carbocycles. The molecule has 0 aromatic rings. The first-order valence-corrected chi connectivity index (χ1v) is 25.2. The second kappa shape index (κ2) is 37.8. The van der Waals surface area contributed by atoms with E-state index < -0.39 is 59.8 Å². The van der Waals surface area contributed by atoms with Gasteiger partial charge in [0.2, 0.25) is 0 Å². The quantitative estimate of drug-likeness (QED) is 0.0260. The summed E-state index contributed by atoms with van der Waals surface area (Å²) in [7, 11) is -5.05. The Kier molecular flexibility index (Phi) is 35.9. The third-order valence-corrected chi connectivity index (χ3v) is 11.7. The maximum Gasteiger partial charge on any atom is 0.397 e. The maximum atomic E-state index is 12.8. The topological polar surface area (TPSA) is 178 Å². The second-order valence-corrected chi connectivity index (χ2v) is 17.8. The molecule has 0 radical (unpaired) electrons. The molecule has 6 atom stereocenters. The number of aliphatic hydroxyl groups is 3. The van der Waals surface area contributed by atoms with E-state index in [1.165, 1.54) is 154 Å². The van der Waals surface area contributed by atoms with E-state index in [0.717, 1.165) is 38.5 Å². The molecular formula is C45H88O12S. The van der Waals surface area contributed by atoms with Crippen molar-refractivity contribution in [3.05, 3.63) is 0 Å². The zero-order valence-electron chi connectivity index (χ0n) is 36.9. The Bertz CT molecular complexity index is 1030. The van der Waals surface area contributed by atoms with Crippen molar-refractivity contribution in [1.29, 1.82) is 0 Å². The first kappa shape index (κ1) is 55.1. The highest BCUT2D eigenvalue weighted by Crippen LogP contribution is 2.26. The molecule has 58 heavy (non-hydrogen) atoms. The number of rotatable bonds is 42. The lowest BCUT2D eigenvalue weighted by molar-refractivity contribution is -0.301. The molecule has 0 bridgehead atoms. The minimum atomic E-state index is -5.05. The van der Waals surface area contributed by atoms with Crippen LogP contribution in [0, 0.1) is 0 Å². The first-order valence-electron chi connectivity index (χ1n) is 23.8. The summed E-state index contributed by atoms with van der Waals surface area (Å²) in [5.41, 5.74) is 0. The van der Waals surface area contributed by atoms with Crippen LogP contribution in [0.3, 0.4) is 0 Å². The van der Waals surface area contributed by atoms with E-state index in [1.54, 1.807) is 0 Å². The monoisotopic (exact) mass is 853 g/mol. The molecule has 6 unspecified atom stereocenters. The largest absolute Gasteiger partial charge is 0.457 e. The fourth-order valence-electron chi connectivity index (χ4n) is 7.62. The van der Waals surface area contributed by atoms with Crippen LogP contribution in [-0.2, 0) is 38.3 Å². The number of unbranched alkanes of at least 4 members (excludes halogenated alkanes) is 29. The zero-order valence-corrected chi connectivity index (χ0v) is 37.7. The summed E-state index contributed by atoms with van der Waals surface area (Å²) in [5, 5.41) is 30.6. The average molecular weight is 853 g/mol. The Labute approximate surface area is 354 Å². The molecule has 4 N–H and O–H groups in total. The molecule has 12 nitrogen and oxygen atoms in total. The minimum Gasteiger partial charge on any atom is -0.457 e. The van der Waals surface area contributed by atoms with Gasteiger partial charge in [-0.05, 0) is 12.8 Å². The van der Waals surface area contributed by atoms with Crippen molar-refractivity contribution in [2.24, 2.45) is 0 Å². The Hall–Kier alpha value is -0.900. The van der Waals surface area contributed by atoms with Gasteiger partial charge in [-0.2, -0.15) is 8.42 Å². The third kappa shape index (κ3) is 31.0. The van der Waals surface area contributed by atoms with Crippen molar-refractivity contribution >= 4 is 16.4 Å². The Balaban J connectivity index is 2.24. The van der Waals surface area contributed by atoms with Crippen LogP contribution in [-0.4, -0.2) is 97.5 Å². The summed E-state index contributed by atoms with van der Waals surface area (Å²) in [5.74, 6) is -0.395. The average Bonchev–Trinajstić information content (AvgIpc) is 3.19. The van der Waals surface area contributed by atoms with Gasteiger partial charge in [0.25, 0.3) is 0 Å². The van der Waals surface area contributed by atoms with Crippen molar-refractivity contribution in [2.75, 3.05) is 26.4 Å². The highest BCUT2D eigenvalue weighted by atomic mass is 32.3. The van der Waals surface area contributed by atoms with Crippen molar-refractivity contribution in [1.82, 2.24) is 0 Å². The maximum absolute atomic E-state index is 12.8. The van der Waals surface area contributed by atoms with E-state index in [2.05, 4.69) is 18.0 Å². The van der Waals surface area contributed by atoms with Crippen LogP contribution in [0.15, 0.2) is 0 Å². The van der Waals surface area contributed by atoms with Gasteiger partial charge in [-0.1, -0.05) is 200 Å². The van der Waals surface area contributed by atoms with Crippen molar-refractivity contribution < 1.29 is 56.2 Å². The lowest BCUT2D eigenvalue weighted by Crippen LogP contribution is -2.60. The Morgan fingerprint density at radius 3 is 1.38 bits per heavy atom. The van der Waals surface area contributed by atoms with Gasteiger partial charge in [-0.15, -0.1) is 0 Å². The van der Waals surface area contributed by atoms with Crippen molar-refractivity contribution in [2.45, 2.75) is 256 Å². The SMILES string of the molecule is CCCCCCCCCCCCCCCCCCCCCCCCCCC(=O)OC(COCCCCCCCCC)COC1OC(CO)C(O)C(OS(=O)(=O)O)C1O. The molecule has 1 aliphatic heterocycles. The molecular weight excluding hydrogens is 765 g/mol. The predicted octanol–water partition coefficient (Wildman–Crippen LogP) is 10.1. The van der Waals surface area contributed by atoms with Crippen LogP contribution < -0.4 is 0 Å². The fourth-order valence-corrected chi connectivity index (χ4v) is 8.12. The smallest absolute Gasteiger partial charge is 0.397 e. The highest BCUT2D eigenvalue weighted by molar-refractivity contribution is 7.80. The molecule has 1 rings (SSSR count). The van der Waals surface area contributed by atoms with Gasteiger partial charge >= 0.3 is 16.4 Å². The molecule has 0 aromatic heterocycles.